The molecule has 7 heteroatoms. The van der Waals surface area contributed by atoms with Crippen LogP contribution in [0.2, 0.25) is 0 Å². The Hall–Kier alpha value is -2.25. The summed E-state index contributed by atoms with van der Waals surface area (Å²) in [4.78, 5) is 12.5. The fourth-order valence-electron chi connectivity index (χ4n) is 3.22. The summed E-state index contributed by atoms with van der Waals surface area (Å²) in [5.74, 6) is 1.11. The molecule has 1 aliphatic rings. The van der Waals surface area contributed by atoms with Gasteiger partial charge in [0.1, 0.15) is 12.1 Å². The molecule has 0 bridgehead atoms. The molecule has 0 unspecified atom stereocenters. The number of aliphatic hydroxyl groups is 1. The Morgan fingerprint density at radius 1 is 1.38 bits per heavy atom. The minimum Gasteiger partial charge on any atom is -0.396 e. The molecule has 6 nitrogen and oxygen atoms in total. The van der Waals surface area contributed by atoms with Crippen molar-refractivity contribution in [3.8, 4) is 0 Å². The zero-order chi connectivity index (χ0) is 16.5. The van der Waals surface area contributed by atoms with E-state index in [0.717, 1.165) is 29.8 Å². The van der Waals surface area contributed by atoms with Crippen LogP contribution in [0.3, 0.4) is 0 Å². The number of aryl methyl sites for hydroxylation is 1. The van der Waals surface area contributed by atoms with E-state index in [1.54, 1.807) is 22.3 Å². The normalized spacial score (nSPS) is 20.1. The maximum Gasteiger partial charge on any atom is 0.163 e. The van der Waals surface area contributed by atoms with Crippen LogP contribution < -0.4 is 4.90 Å². The van der Waals surface area contributed by atoms with Gasteiger partial charge in [0.05, 0.1) is 18.1 Å². The van der Waals surface area contributed by atoms with Gasteiger partial charge in [0.2, 0.25) is 0 Å². The van der Waals surface area contributed by atoms with Gasteiger partial charge in [-0.1, -0.05) is 18.2 Å². The maximum absolute atomic E-state index is 9.46. The summed E-state index contributed by atoms with van der Waals surface area (Å²) in [5.41, 5.74) is 0.830. The summed E-state index contributed by atoms with van der Waals surface area (Å²) >= 11 is 1.74. The lowest BCUT2D eigenvalue weighted by atomic mass is 10.1. The first-order valence-corrected chi connectivity index (χ1v) is 8.85. The Bertz CT molecular complexity index is 857. The standard InChI is InChI=1S/C17H19N5OS/c1-21-16-15(8-20-21)17(19-11-18-16)22(9-14-3-2-6-24-14)13-5-4-12(7-13)10-23/h2-6,8,11-13,23H,7,9-10H2,1H3/t12-,13+/m0/s1. The highest BCUT2D eigenvalue weighted by Crippen LogP contribution is 2.31. The van der Waals surface area contributed by atoms with Crippen LogP contribution in [-0.2, 0) is 13.6 Å². The third kappa shape index (κ3) is 2.70. The van der Waals surface area contributed by atoms with Crippen LogP contribution in [0.1, 0.15) is 11.3 Å². The summed E-state index contributed by atoms with van der Waals surface area (Å²) in [5, 5.41) is 16.8. The molecule has 124 valence electrons. The summed E-state index contributed by atoms with van der Waals surface area (Å²) in [7, 11) is 1.89. The van der Waals surface area contributed by atoms with Gasteiger partial charge in [-0.2, -0.15) is 5.10 Å². The van der Waals surface area contributed by atoms with Gasteiger partial charge in [-0.05, 0) is 17.9 Å². The van der Waals surface area contributed by atoms with E-state index in [-0.39, 0.29) is 18.6 Å². The Kier molecular flexibility index (Phi) is 4.03. The zero-order valence-corrected chi connectivity index (χ0v) is 14.2. The molecular weight excluding hydrogens is 322 g/mol. The number of aliphatic hydroxyl groups excluding tert-OH is 1. The first-order chi connectivity index (χ1) is 11.8. The molecular formula is C17H19N5OS. The topological polar surface area (TPSA) is 67.1 Å². The van der Waals surface area contributed by atoms with Gasteiger partial charge in [0, 0.05) is 30.5 Å². The third-order valence-corrected chi connectivity index (χ3v) is 5.33. The molecule has 0 saturated carbocycles. The lowest BCUT2D eigenvalue weighted by Gasteiger charge is -2.29. The Labute approximate surface area is 144 Å². The number of aromatic nitrogens is 4. The highest BCUT2D eigenvalue weighted by molar-refractivity contribution is 7.09. The van der Waals surface area contributed by atoms with E-state index in [1.165, 1.54) is 4.88 Å². The van der Waals surface area contributed by atoms with Crippen molar-refractivity contribution < 1.29 is 5.11 Å². The SMILES string of the molecule is Cn1ncc2c(N(Cc3cccs3)[C@@H]3C=C[C@H](CO)C3)ncnc21. The second kappa shape index (κ2) is 6.33. The quantitative estimate of drug-likeness (QED) is 0.722. The van der Waals surface area contributed by atoms with Gasteiger partial charge < -0.3 is 10.0 Å². The molecule has 3 aromatic heterocycles. The van der Waals surface area contributed by atoms with Crippen molar-refractivity contribution in [1.29, 1.82) is 0 Å². The highest BCUT2D eigenvalue weighted by atomic mass is 32.1. The second-order valence-corrected chi connectivity index (χ2v) is 7.07. The van der Waals surface area contributed by atoms with Crippen molar-refractivity contribution in [2.45, 2.75) is 19.0 Å². The molecule has 0 amide bonds. The van der Waals surface area contributed by atoms with Crippen molar-refractivity contribution in [2.24, 2.45) is 13.0 Å². The van der Waals surface area contributed by atoms with Gasteiger partial charge >= 0.3 is 0 Å². The van der Waals surface area contributed by atoms with Crippen LogP contribution in [0.5, 0.6) is 0 Å². The first kappa shape index (κ1) is 15.3. The molecule has 0 saturated heterocycles. The minimum atomic E-state index is 0.186. The van der Waals surface area contributed by atoms with Gasteiger partial charge in [-0.3, -0.25) is 4.68 Å². The van der Waals surface area contributed by atoms with E-state index < -0.39 is 0 Å². The van der Waals surface area contributed by atoms with Gasteiger partial charge in [-0.15, -0.1) is 11.3 Å². The number of fused-ring (bicyclic) bond motifs is 1. The Balaban J connectivity index is 1.75. The van der Waals surface area contributed by atoms with E-state index >= 15 is 0 Å². The van der Waals surface area contributed by atoms with Crippen molar-refractivity contribution in [3.05, 3.63) is 47.1 Å². The predicted molar refractivity (Wildman–Crippen MR) is 94.9 cm³/mol. The van der Waals surface area contributed by atoms with Crippen LogP contribution in [0.4, 0.5) is 5.82 Å². The van der Waals surface area contributed by atoms with E-state index in [2.05, 4.69) is 49.6 Å². The lowest BCUT2D eigenvalue weighted by Crippen LogP contribution is -2.33. The maximum atomic E-state index is 9.46. The predicted octanol–water partition coefficient (Wildman–Crippen LogP) is 2.37. The minimum absolute atomic E-state index is 0.186. The van der Waals surface area contributed by atoms with E-state index in [9.17, 15) is 5.11 Å². The van der Waals surface area contributed by atoms with E-state index in [0.29, 0.717) is 0 Å². The highest BCUT2D eigenvalue weighted by Gasteiger charge is 2.27. The molecule has 4 rings (SSSR count). The van der Waals surface area contributed by atoms with Crippen LogP contribution in [0, 0.1) is 5.92 Å². The largest absolute Gasteiger partial charge is 0.396 e. The van der Waals surface area contributed by atoms with Crippen molar-refractivity contribution in [3.63, 3.8) is 0 Å². The molecule has 24 heavy (non-hydrogen) atoms. The molecule has 0 aliphatic heterocycles. The van der Waals surface area contributed by atoms with Crippen molar-refractivity contribution >= 4 is 28.2 Å². The number of anilines is 1. The van der Waals surface area contributed by atoms with Crippen LogP contribution >= 0.6 is 11.3 Å². The lowest BCUT2D eigenvalue weighted by molar-refractivity contribution is 0.248. The number of hydrogen-bond donors (Lipinski definition) is 1. The van der Waals surface area contributed by atoms with Crippen molar-refractivity contribution in [2.75, 3.05) is 11.5 Å². The summed E-state index contributed by atoms with van der Waals surface area (Å²) in [6.45, 7) is 0.970. The van der Waals surface area contributed by atoms with Gasteiger partial charge in [-0.25, -0.2) is 9.97 Å². The monoisotopic (exact) mass is 341 g/mol. The summed E-state index contributed by atoms with van der Waals surface area (Å²) < 4.78 is 1.77. The average molecular weight is 341 g/mol. The molecule has 3 aromatic rings. The molecule has 0 radical (unpaired) electrons. The molecule has 2 atom stereocenters. The number of rotatable bonds is 5. The van der Waals surface area contributed by atoms with Crippen LogP contribution in [-0.4, -0.2) is 37.5 Å². The molecule has 0 aromatic carbocycles. The van der Waals surface area contributed by atoms with Crippen LogP contribution in [0.15, 0.2) is 42.2 Å². The smallest absolute Gasteiger partial charge is 0.163 e. The Morgan fingerprint density at radius 3 is 3.04 bits per heavy atom. The average Bonchev–Trinajstić information content (AvgIpc) is 3.34. The molecule has 1 aliphatic carbocycles. The van der Waals surface area contributed by atoms with E-state index in [4.69, 9.17) is 0 Å². The second-order valence-electron chi connectivity index (χ2n) is 6.04. The van der Waals surface area contributed by atoms with E-state index in [1.807, 2.05) is 13.2 Å². The van der Waals surface area contributed by atoms with Crippen molar-refractivity contribution in [1.82, 2.24) is 19.7 Å². The number of thiophene rings is 1. The molecule has 1 N–H and O–H groups in total. The fourth-order valence-corrected chi connectivity index (χ4v) is 3.92. The first-order valence-electron chi connectivity index (χ1n) is 7.97. The molecule has 0 spiro atoms. The Morgan fingerprint density at radius 2 is 2.29 bits per heavy atom. The van der Waals surface area contributed by atoms with Crippen LogP contribution in [0.25, 0.3) is 11.0 Å². The number of nitrogens with zero attached hydrogens (tertiary/aromatic N) is 5. The van der Waals surface area contributed by atoms with Gasteiger partial charge in [0.25, 0.3) is 0 Å². The fraction of sp³-hybridized carbons (Fsp3) is 0.353. The summed E-state index contributed by atoms with van der Waals surface area (Å²) in [6, 6.07) is 4.42. The zero-order valence-electron chi connectivity index (χ0n) is 13.4. The van der Waals surface area contributed by atoms with Gasteiger partial charge in [0.15, 0.2) is 5.65 Å². The molecule has 0 fully saturated rings. The summed E-state index contributed by atoms with van der Waals surface area (Å²) in [6.07, 6.45) is 8.61. The molecule has 3 heterocycles. The third-order valence-electron chi connectivity index (χ3n) is 4.47. The number of hydrogen-bond acceptors (Lipinski definition) is 6.